The molecule has 1 unspecified atom stereocenters. The highest BCUT2D eigenvalue weighted by Crippen LogP contribution is 2.68. The lowest BCUT2D eigenvalue weighted by molar-refractivity contribution is -0.131. The van der Waals surface area contributed by atoms with E-state index in [1.807, 2.05) is 18.2 Å². The number of Topliss-reactive ketones (excluding diaryl/α,β-unsaturated/α-hetero) is 1. The van der Waals surface area contributed by atoms with E-state index in [-0.39, 0.29) is 16.9 Å². The number of hydrogen-bond donors (Lipinski definition) is 1. The van der Waals surface area contributed by atoms with Crippen LogP contribution in [-0.2, 0) is 11.3 Å². The van der Waals surface area contributed by atoms with Gasteiger partial charge in [-0.1, -0.05) is 12.1 Å². The number of benzene rings is 1. The second-order valence-electron chi connectivity index (χ2n) is 12.5. The molecule has 5 aliphatic carbocycles. The minimum Gasteiger partial charge on any atom is -0.497 e. The van der Waals surface area contributed by atoms with Gasteiger partial charge >= 0.3 is 0 Å². The zero-order chi connectivity index (χ0) is 23.2. The maximum Gasteiger partial charge on any atom is 0.157 e. The molecule has 0 spiro atoms. The van der Waals surface area contributed by atoms with Crippen LogP contribution >= 0.6 is 0 Å². The van der Waals surface area contributed by atoms with Crippen molar-refractivity contribution < 1.29 is 14.6 Å². The van der Waals surface area contributed by atoms with Crippen LogP contribution in [0.3, 0.4) is 0 Å². The second-order valence-corrected chi connectivity index (χ2v) is 12.5. The number of carbonyl (C=O) groups excluding carboxylic acids is 1. The monoisotopic (exact) mass is 463 g/mol. The molecular weight excluding hydrogens is 426 g/mol. The lowest BCUT2D eigenvalue weighted by Gasteiger charge is -2.56. The molecule has 0 radical (unpaired) electrons. The van der Waals surface area contributed by atoms with Crippen molar-refractivity contribution in [3.05, 3.63) is 18.2 Å². The van der Waals surface area contributed by atoms with E-state index in [1.54, 1.807) is 11.8 Å². The van der Waals surface area contributed by atoms with E-state index in [1.165, 1.54) is 38.5 Å². The van der Waals surface area contributed by atoms with E-state index in [2.05, 4.69) is 17.2 Å². The van der Waals surface area contributed by atoms with Crippen LogP contribution in [0.5, 0.6) is 5.75 Å². The first kappa shape index (κ1) is 21.3. The number of carbonyl (C=O) groups is 1. The van der Waals surface area contributed by atoms with Gasteiger partial charge in [0, 0.05) is 12.0 Å². The summed E-state index contributed by atoms with van der Waals surface area (Å²) in [6.45, 7) is 2.73. The number of aliphatic hydroxyl groups is 1. The fourth-order valence-corrected chi connectivity index (χ4v) is 9.66. The molecule has 1 aromatic carbocycles. The van der Waals surface area contributed by atoms with Crippen LogP contribution in [0.2, 0.25) is 0 Å². The Kier molecular flexibility index (Phi) is 4.57. The Labute approximate surface area is 201 Å². The number of ether oxygens (including phenoxy) is 1. The average Bonchev–Trinajstić information content (AvgIpc) is 3.20. The van der Waals surface area contributed by atoms with Gasteiger partial charge in [-0.15, -0.1) is 5.10 Å². The van der Waals surface area contributed by atoms with E-state index < -0.39 is 0 Å². The van der Waals surface area contributed by atoms with E-state index in [0.717, 1.165) is 59.7 Å². The second kappa shape index (κ2) is 7.28. The van der Waals surface area contributed by atoms with Crippen LogP contribution in [0.15, 0.2) is 18.2 Å². The molecular formula is C28H37N3O3. The first-order chi connectivity index (χ1) is 16.4. The molecule has 0 bridgehead atoms. The first-order valence-electron chi connectivity index (χ1n) is 13.5. The summed E-state index contributed by atoms with van der Waals surface area (Å²) in [5.41, 5.74) is 1.49. The minimum absolute atomic E-state index is 0.119. The number of rotatable bonds is 4. The predicted octanol–water partition coefficient (Wildman–Crippen LogP) is 4.64. The summed E-state index contributed by atoms with van der Waals surface area (Å²) < 4.78 is 7.14. The predicted molar refractivity (Wildman–Crippen MR) is 128 cm³/mol. The summed E-state index contributed by atoms with van der Waals surface area (Å²) in [5, 5.41) is 19.3. The van der Waals surface area contributed by atoms with Gasteiger partial charge in [-0.05, 0) is 111 Å². The Balaban J connectivity index is 1.10. The molecule has 5 saturated carbocycles. The smallest absolute Gasteiger partial charge is 0.157 e. The number of hydrogen-bond acceptors (Lipinski definition) is 5. The Morgan fingerprint density at radius 2 is 1.82 bits per heavy atom. The van der Waals surface area contributed by atoms with Crippen LogP contribution in [0, 0.1) is 46.8 Å². The molecule has 5 aliphatic rings. The van der Waals surface area contributed by atoms with Crippen LogP contribution in [0.25, 0.3) is 11.0 Å². The molecule has 1 aromatic heterocycles. The van der Waals surface area contributed by atoms with Crippen molar-refractivity contribution in [2.45, 2.75) is 76.9 Å². The van der Waals surface area contributed by atoms with Crippen molar-refractivity contribution in [1.29, 1.82) is 0 Å². The van der Waals surface area contributed by atoms with Crippen LogP contribution in [-0.4, -0.2) is 38.6 Å². The number of fused-ring (bicyclic) bond motifs is 8. The maximum atomic E-state index is 13.7. The largest absolute Gasteiger partial charge is 0.497 e. The summed E-state index contributed by atoms with van der Waals surface area (Å²) in [7, 11) is 1.65. The van der Waals surface area contributed by atoms with Gasteiger partial charge in [0.1, 0.15) is 17.8 Å². The van der Waals surface area contributed by atoms with Crippen molar-refractivity contribution in [2.75, 3.05) is 7.11 Å². The van der Waals surface area contributed by atoms with Crippen LogP contribution in [0.1, 0.15) is 64.7 Å². The molecule has 1 N–H and O–H groups in total. The normalized spacial score (nSPS) is 44.6. The highest BCUT2D eigenvalue weighted by atomic mass is 16.5. The average molecular weight is 464 g/mol. The molecule has 34 heavy (non-hydrogen) atoms. The third-order valence-electron chi connectivity index (χ3n) is 11.4. The molecule has 1 heterocycles. The number of nitrogens with zero attached hydrogens (tertiary/aromatic N) is 3. The number of methoxy groups -OCH3 is 1. The summed E-state index contributed by atoms with van der Waals surface area (Å²) in [4.78, 5) is 13.7. The van der Waals surface area contributed by atoms with E-state index in [9.17, 15) is 9.90 Å². The molecule has 5 fully saturated rings. The molecule has 2 aromatic rings. The van der Waals surface area contributed by atoms with Crippen molar-refractivity contribution in [3.63, 3.8) is 0 Å². The zero-order valence-corrected chi connectivity index (χ0v) is 20.4. The highest BCUT2D eigenvalue weighted by molar-refractivity contribution is 5.84. The van der Waals surface area contributed by atoms with Crippen LogP contribution in [0.4, 0.5) is 0 Å². The van der Waals surface area contributed by atoms with Gasteiger partial charge in [-0.2, -0.15) is 0 Å². The summed E-state index contributed by atoms with van der Waals surface area (Å²) in [6.07, 6.45) is 10.6. The number of ketones is 1. The van der Waals surface area contributed by atoms with Crippen molar-refractivity contribution >= 4 is 16.8 Å². The van der Waals surface area contributed by atoms with Gasteiger partial charge in [-0.3, -0.25) is 4.79 Å². The first-order valence-corrected chi connectivity index (χ1v) is 13.5. The van der Waals surface area contributed by atoms with E-state index in [4.69, 9.17) is 4.74 Å². The fraction of sp³-hybridized carbons (Fsp3) is 0.750. The Morgan fingerprint density at radius 3 is 2.62 bits per heavy atom. The highest BCUT2D eigenvalue weighted by Gasteiger charge is 2.65. The van der Waals surface area contributed by atoms with Crippen molar-refractivity contribution in [1.82, 2.24) is 15.0 Å². The Bertz CT molecular complexity index is 1150. The fourth-order valence-electron chi connectivity index (χ4n) is 9.66. The Hall–Kier alpha value is -1.95. The van der Waals surface area contributed by atoms with Gasteiger partial charge in [-0.25, -0.2) is 4.68 Å². The molecule has 0 aliphatic heterocycles. The summed E-state index contributed by atoms with van der Waals surface area (Å²) in [5.74, 6) is 5.67. The topological polar surface area (TPSA) is 77.2 Å². The van der Waals surface area contributed by atoms with Crippen molar-refractivity contribution in [3.8, 4) is 5.75 Å². The molecule has 9 atom stereocenters. The molecule has 7 rings (SSSR count). The molecule has 6 nitrogen and oxygen atoms in total. The standard InChI is InChI=1S/C28H37N3O3/c1-27-11-9-17-18-10-12-28(33)14-23(28)20(18)5-4-19(17)21(27)6-7-22(27)26(32)15-31-25-13-16(34-2)3-8-24(25)29-30-31/h3,8,13,17-23,33H,4-7,9-12,14-15H2,1-2H3/t17-,18-,19-,20-,21+,22-,23?,27+,28+/m1/s1. The van der Waals surface area contributed by atoms with Crippen molar-refractivity contribution in [2.24, 2.45) is 46.8 Å². The summed E-state index contributed by atoms with van der Waals surface area (Å²) in [6, 6.07) is 5.71. The maximum absolute atomic E-state index is 13.7. The van der Waals surface area contributed by atoms with Crippen LogP contribution < -0.4 is 4.74 Å². The van der Waals surface area contributed by atoms with Gasteiger partial charge in [0.2, 0.25) is 0 Å². The Morgan fingerprint density at radius 1 is 1.06 bits per heavy atom. The lowest BCUT2D eigenvalue weighted by Crippen LogP contribution is -2.50. The van der Waals surface area contributed by atoms with E-state index in [0.29, 0.717) is 24.2 Å². The molecule has 182 valence electrons. The molecule has 0 saturated heterocycles. The third-order valence-corrected chi connectivity index (χ3v) is 11.4. The van der Waals surface area contributed by atoms with Gasteiger partial charge in [0.25, 0.3) is 0 Å². The molecule has 6 heteroatoms. The lowest BCUT2D eigenvalue weighted by atomic mass is 9.49. The van der Waals surface area contributed by atoms with Gasteiger partial charge < -0.3 is 9.84 Å². The van der Waals surface area contributed by atoms with Gasteiger partial charge in [0.15, 0.2) is 5.78 Å². The SMILES string of the molecule is COc1ccc2nnn(CC(=O)[C@H]3CC[C@H]4[C@@H]5CC[C@H]6C7C[C@@]7(O)CC[C@@H]6[C@H]5CC[C@]34C)c2c1. The van der Waals surface area contributed by atoms with E-state index >= 15 is 0 Å². The van der Waals surface area contributed by atoms with Gasteiger partial charge in [0.05, 0.1) is 18.2 Å². The quantitative estimate of drug-likeness (QED) is 0.715. The third kappa shape index (κ3) is 2.93. The zero-order valence-electron chi connectivity index (χ0n) is 20.4. The number of aromatic nitrogens is 3. The summed E-state index contributed by atoms with van der Waals surface area (Å²) >= 11 is 0. The molecule has 0 amide bonds. The minimum atomic E-state index is -0.294.